The third kappa shape index (κ3) is 6.23. The molecule has 5 heteroatoms. The van der Waals surface area contributed by atoms with E-state index in [9.17, 15) is 0 Å². The molecule has 110 valence electrons. The number of H-pyrrole nitrogens is 1. The number of anilines is 1. The Kier molecular flexibility index (Phi) is 6.48. The second kappa shape index (κ2) is 8.92. The van der Waals surface area contributed by atoms with Gasteiger partial charge >= 0.3 is 0 Å². The van der Waals surface area contributed by atoms with Gasteiger partial charge in [-0.2, -0.15) is 0 Å². The normalized spacial score (nSPS) is 9.90. The predicted octanol–water partition coefficient (Wildman–Crippen LogP) is 1.62. The van der Waals surface area contributed by atoms with E-state index in [0.29, 0.717) is 5.11 Å². The number of hydrogen-bond donors (Lipinski definition) is 3. The Morgan fingerprint density at radius 2 is 1.67 bits per heavy atom. The molecule has 21 heavy (non-hydrogen) atoms. The van der Waals surface area contributed by atoms with Crippen LogP contribution in [0.2, 0.25) is 0 Å². The van der Waals surface area contributed by atoms with E-state index < -0.39 is 0 Å². The maximum atomic E-state index is 5.24. The molecule has 1 heterocycles. The summed E-state index contributed by atoms with van der Waals surface area (Å²) in [6, 6.07) is 16.3. The zero-order chi connectivity index (χ0) is 14.8. The quantitative estimate of drug-likeness (QED) is 0.537. The van der Waals surface area contributed by atoms with Crippen LogP contribution in [0.3, 0.4) is 0 Å². The van der Waals surface area contributed by atoms with Crippen LogP contribution in [0, 0.1) is 0 Å². The van der Waals surface area contributed by atoms with Gasteiger partial charge in [-0.25, -0.2) is 4.98 Å². The fourth-order valence-corrected chi connectivity index (χ4v) is 2.11. The molecule has 0 saturated heterocycles. The Morgan fingerprint density at radius 3 is 2.43 bits per heavy atom. The molecule has 0 aliphatic carbocycles. The van der Waals surface area contributed by atoms with E-state index in [0.717, 1.165) is 31.9 Å². The molecule has 0 spiro atoms. The van der Waals surface area contributed by atoms with Crippen molar-refractivity contribution in [2.75, 3.05) is 25.0 Å². The number of thiocarbonyl (C=S) groups is 1. The molecule has 0 atom stereocenters. The lowest BCUT2D eigenvalue weighted by molar-refractivity contribution is -0.361. The minimum Gasteiger partial charge on any atom is -0.362 e. The molecule has 4 N–H and O–H groups in total. The average molecular weight is 301 g/mol. The number of nitrogens with one attached hydrogen (secondary N) is 4. The highest BCUT2D eigenvalue weighted by Crippen LogP contribution is 1.98. The lowest BCUT2D eigenvalue weighted by atomic mass is 10.1. The van der Waals surface area contributed by atoms with Gasteiger partial charge in [0.15, 0.2) is 5.11 Å². The highest BCUT2D eigenvalue weighted by atomic mass is 32.1. The van der Waals surface area contributed by atoms with Crippen LogP contribution in [0.4, 0.5) is 5.82 Å². The van der Waals surface area contributed by atoms with E-state index >= 15 is 0 Å². The lowest BCUT2D eigenvalue weighted by Gasteiger charge is -2.09. The maximum Gasteiger partial charge on any atom is 0.272 e. The van der Waals surface area contributed by atoms with Crippen LogP contribution in [-0.4, -0.2) is 24.7 Å². The summed E-state index contributed by atoms with van der Waals surface area (Å²) in [5, 5.41) is 10.4. The number of aromatic amines is 1. The summed E-state index contributed by atoms with van der Waals surface area (Å²) in [4.78, 5) is 3.12. The molecule has 0 saturated carbocycles. The monoisotopic (exact) mass is 301 g/mol. The van der Waals surface area contributed by atoms with Gasteiger partial charge in [-0.15, -0.1) is 0 Å². The van der Waals surface area contributed by atoms with Crippen molar-refractivity contribution < 1.29 is 4.98 Å². The molecule has 2 aromatic rings. The molecule has 1 aromatic carbocycles. The van der Waals surface area contributed by atoms with Crippen molar-refractivity contribution in [1.82, 2.24) is 10.6 Å². The van der Waals surface area contributed by atoms with Crippen LogP contribution in [-0.2, 0) is 6.42 Å². The highest BCUT2D eigenvalue weighted by Gasteiger charge is 1.99. The summed E-state index contributed by atoms with van der Waals surface area (Å²) >= 11 is 5.24. The van der Waals surface area contributed by atoms with Crippen molar-refractivity contribution in [2.24, 2.45) is 0 Å². The van der Waals surface area contributed by atoms with Gasteiger partial charge in [-0.05, 0) is 30.3 Å². The Morgan fingerprint density at radius 1 is 0.905 bits per heavy atom. The Bertz CT molecular complexity index is 530. The second-order valence-corrected chi connectivity index (χ2v) is 5.03. The lowest BCUT2D eigenvalue weighted by Crippen LogP contribution is -2.38. The van der Waals surface area contributed by atoms with E-state index in [4.69, 9.17) is 12.2 Å². The molecule has 4 nitrogen and oxygen atoms in total. The minimum absolute atomic E-state index is 0.699. The summed E-state index contributed by atoms with van der Waals surface area (Å²) in [5.41, 5.74) is 1.31. The third-order valence-electron chi connectivity index (χ3n) is 2.98. The van der Waals surface area contributed by atoms with Gasteiger partial charge in [0, 0.05) is 12.6 Å². The topological polar surface area (TPSA) is 50.2 Å². The molecule has 0 amide bonds. The first-order valence-corrected chi connectivity index (χ1v) is 7.51. The number of benzene rings is 1. The zero-order valence-corrected chi connectivity index (χ0v) is 12.7. The predicted molar refractivity (Wildman–Crippen MR) is 90.2 cm³/mol. The van der Waals surface area contributed by atoms with E-state index in [1.165, 1.54) is 5.56 Å². The highest BCUT2D eigenvalue weighted by molar-refractivity contribution is 7.80. The minimum atomic E-state index is 0.699. The van der Waals surface area contributed by atoms with Crippen LogP contribution in [0.15, 0.2) is 54.7 Å². The molecular weight excluding hydrogens is 280 g/mol. The SMILES string of the molecule is S=C(NCCNc1cccc[nH+]1)NCCc1ccccc1. The fraction of sp³-hybridized carbons (Fsp3) is 0.250. The van der Waals surface area contributed by atoms with Gasteiger partial charge in [-0.1, -0.05) is 36.4 Å². The van der Waals surface area contributed by atoms with Gasteiger partial charge < -0.3 is 10.6 Å². The largest absolute Gasteiger partial charge is 0.362 e. The van der Waals surface area contributed by atoms with Crippen molar-refractivity contribution in [1.29, 1.82) is 0 Å². The first kappa shape index (κ1) is 15.3. The molecule has 0 fully saturated rings. The summed E-state index contributed by atoms with van der Waals surface area (Å²) < 4.78 is 0. The smallest absolute Gasteiger partial charge is 0.272 e. The van der Waals surface area contributed by atoms with Gasteiger partial charge in [0.1, 0.15) is 6.54 Å². The van der Waals surface area contributed by atoms with Crippen molar-refractivity contribution in [2.45, 2.75) is 6.42 Å². The second-order valence-electron chi connectivity index (χ2n) is 4.62. The summed E-state index contributed by atoms with van der Waals surface area (Å²) in [5.74, 6) is 1.00. The van der Waals surface area contributed by atoms with E-state index in [1.54, 1.807) is 0 Å². The van der Waals surface area contributed by atoms with Gasteiger partial charge in [0.2, 0.25) is 0 Å². The summed E-state index contributed by atoms with van der Waals surface area (Å²) in [6.07, 6.45) is 2.87. The van der Waals surface area contributed by atoms with Crippen LogP contribution < -0.4 is 20.9 Å². The number of hydrogen-bond acceptors (Lipinski definition) is 2. The van der Waals surface area contributed by atoms with E-state index in [2.05, 4.69) is 45.2 Å². The number of rotatable bonds is 7. The van der Waals surface area contributed by atoms with Crippen LogP contribution in [0.25, 0.3) is 0 Å². The van der Waals surface area contributed by atoms with Crippen LogP contribution in [0.5, 0.6) is 0 Å². The van der Waals surface area contributed by atoms with Crippen LogP contribution in [0.1, 0.15) is 5.56 Å². The van der Waals surface area contributed by atoms with Crippen molar-refractivity contribution in [3.05, 3.63) is 60.3 Å². The molecule has 0 aliphatic rings. The number of pyridine rings is 1. The summed E-state index contributed by atoms with van der Waals surface area (Å²) in [7, 11) is 0. The Hall–Kier alpha value is -2.14. The van der Waals surface area contributed by atoms with Crippen molar-refractivity contribution >= 4 is 23.1 Å². The summed E-state index contributed by atoms with van der Waals surface area (Å²) in [6.45, 7) is 2.43. The standard InChI is InChI=1S/C16H20N4S/c21-16(19-11-9-14-6-2-1-3-7-14)20-13-12-18-15-8-4-5-10-17-15/h1-8,10H,9,11-13H2,(H,17,18)(H2,19,20,21)/p+1. The molecule has 1 aromatic heterocycles. The molecule has 0 bridgehead atoms. The van der Waals surface area contributed by atoms with Gasteiger partial charge in [0.05, 0.1) is 12.7 Å². The molecular formula is C16H21N4S+. The number of aromatic nitrogens is 1. The Balaban J connectivity index is 1.54. The van der Waals surface area contributed by atoms with E-state index in [1.807, 2.05) is 30.5 Å². The molecule has 0 unspecified atom stereocenters. The first-order valence-electron chi connectivity index (χ1n) is 7.11. The van der Waals surface area contributed by atoms with Crippen LogP contribution >= 0.6 is 12.2 Å². The first-order chi connectivity index (χ1) is 10.3. The molecule has 0 radical (unpaired) electrons. The van der Waals surface area contributed by atoms with Crippen molar-refractivity contribution in [3.63, 3.8) is 0 Å². The van der Waals surface area contributed by atoms with E-state index in [-0.39, 0.29) is 0 Å². The van der Waals surface area contributed by atoms with Gasteiger partial charge in [-0.3, -0.25) is 5.32 Å². The Labute approximate surface area is 131 Å². The zero-order valence-electron chi connectivity index (χ0n) is 11.9. The van der Waals surface area contributed by atoms with Gasteiger partial charge in [0.25, 0.3) is 5.82 Å². The molecule has 0 aliphatic heterocycles. The fourth-order valence-electron chi connectivity index (χ4n) is 1.90. The molecule has 2 rings (SSSR count). The third-order valence-corrected chi connectivity index (χ3v) is 3.27. The maximum absolute atomic E-state index is 5.24. The average Bonchev–Trinajstić information content (AvgIpc) is 2.54. The van der Waals surface area contributed by atoms with Crippen molar-refractivity contribution in [3.8, 4) is 0 Å².